The first kappa shape index (κ1) is 21.4. The fourth-order valence-electron chi connectivity index (χ4n) is 3.17. The van der Waals surface area contributed by atoms with Gasteiger partial charge in [-0.1, -0.05) is 11.3 Å². The van der Waals surface area contributed by atoms with Gasteiger partial charge in [0.05, 0.1) is 11.1 Å². The zero-order chi connectivity index (χ0) is 21.3. The van der Waals surface area contributed by atoms with Gasteiger partial charge >= 0.3 is 6.18 Å². The minimum absolute atomic E-state index is 0.0772. The number of amides is 1. The second-order valence-corrected chi connectivity index (χ2v) is 8.08. The summed E-state index contributed by atoms with van der Waals surface area (Å²) in [5, 5.41) is 2.67. The summed E-state index contributed by atoms with van der Waals surface area (Å²) < 4.78 is 58.2. The van der Waals surface area contributed by atoms with Crippen LogP contribution in [0.5, 0.6) is 5.75 Å². The molecule has 1 fully saturated rings. The lowest BCUT2D eigenvalue weighted by Gasteiger charge is -2.19. The molecule has 6 nitrogen and oxygen atoms in total. The van der Waals surface area contributed by atoms with Crippen molar-refractivity contribution in [2.24, 2.45) is 0 Å². The van der Waals surface area contributed by atoms with E-state index in [1.54, 1.807) is 6.92 Å². The Morgan fingerprint density at radius 3 is 2.79 bits per heavy atom. The zero-order valence-electron chi connectivity index (χ0n) is 16.0. The van der Waals surface area contributed by atoms with E-state index in [9.17, 15) is 22.4 Å². The Labute approximate surface area is 168 Å². The third-order valence-corrected chi connectivity index (χ3v) is 5.52. The number of nitrogens with one attached hydrogen (secondary N) is 1. The maximum absolute atomic E-state index is 14.1. The number of hydrogen-bond donors (Lipinski definition) is 1. The highest BCUT2D eigenvalue weighted by Crippen LogP contribution is 2.32. The van der Waals surface area contributed by atoms with E-state index in [2.05, 4.69) is 15.3 Å². The third-order valence-electron chi connectivity index (χ3n) is 4.59. The number of carbonyl (C=O) groups is 1. The molecule has 2 atom stereocenters. The molecular weight excluding hydrogens is 412 g/mol. The van der Waals surface area contributed by atoms with Crippen molar-refractivity contribution < 1.29 is 27.1 Å². The van der Waals surface area contributed by atoms with E-state index in [1.165, 1.54) is 6.92 Å². The Balaban J connectivity index is 1.64. The standard InChI is InChI=1S/C18H20F4N4O2S/c1-9-4-15(18(20,21)22)23-6-13(9)28-12-5-10(2)26(7-12)8-14-16(19)25-17(29-14)24-11(3)27/h4,6,10,12H,5,7-8H2,1-3H3,(H,24,25,27). The van der Waals surface area contributed by atoms with Gasteiger partial charge < -0.3 is 10.1 Å². The van der Waals surface area contributed by atoms with Crippen LogP contribution in [0.1, 0.15) is 36.4 Å². The Kier molecular flexibility index (Phi) is 6.08. The van der Waals surface area contributed by atoms with Crippen molar-refractivity contribution in [3.8, 4) is 5.75 Å². The molecule has 2 aromatic rings. The van der Waals surface area contributed by atoms with E-state index in [0.29, 0.717) is 35.7 Å². The predicted molar refractivity (Wildman–Crippen MR) is 99.3 cm³/mol. The van der Waals surface area contributed by atoms with Crippen molar-refractivity contribution in [3.05, 3.63) is 34.3 Å². The van der Waals surface area contributed by atoms with Crippen LogP contribution in [0.15, 0.2) is 12.3 Å². The van der Waals surface area contributed by atoms with Crippen LogP contribution in [0, 0.1) is 12.9 Å². The molecule has 1 N–H and O–H groups in total. The van der Waals surface area contributed by atoms with Crippen molar-refractivity contribution in [1.82, 2.24) is 14.9 Å². The maximum Gasteiger partial charge on any atom is 0.433 e. The molecule has 0 radical (unpaired) electrons. The van der Waals surface area contributed by atoms with Crippen LogP contribution >= 0.6 is 11.3 Å². The van der Waals surface area contributed by atoms with Crippen LogP contribution in [-0.4, -0.2) is 39.5 Å². The normalized spacial score (nSPS) is 20.1. The van der Waals surface area contributed by atoms with E-state index in [1.807, 2.05) is 11.8 Å². The van der Waals surface area contributed by atoms with Gasteiger partial charge in [0.25, 0.3) is 0 Å². The molecule has 29 heavy (non-hydrogen) atoms. The van der Waals surface area contributed by atoms with E-state index < -0.39 is 17.8 Å². The Hall–Kier alpha value is -2.27. The lowest BCUT2D eigenvalue weighted by Crippen LogP contribution is -2.28. The average molecular weight is 432 g/mol. The molecule has 1 saturated heterocycles. The average Bonchev–Trinajstić information content (AvgIpc) is 3.10. The zero-order valence-corrected chi connectivity index (χ0v) is 16.8. The van der Waals surface area contributed by atoms with Gasteiger partial charge in [-0.3, -0.25) is 9.69 Å². The highest BCUT2D eigenvalue weighted by atomic mass is 32.1. The number of rotatable bonds is 5. The van der Waals surface area contributed by atoms with Gasteiger partial charge in [-0.2, -0.15) is 22.5 Å². The number of hydrogen-bond acceptors (Lipinski definition) is 6. The number of likely N-dealkylation sites (tertiary alicyclic amines) is 1. The van der Waals surface area contributed by atoms with Crippen molar-refractivity contribution in [2.45, 2.75) is 52.1 Å². The summed E-state index contributed by atoms with van der Waals surface area (Å²) in [4.78, 5) is 20.6. The van der Waals surface area contributed by atoms with Crippen LogP contribution in [0.4, 0.5) is 22.7 Å². The molecule has 158 valence electrons. The molecular formula is C18H20F4N4O2S. The topological polar surface area (TPSA) is 67.4 Å². The molecule has 2 aromatic heterocycles. The first-order chi connectivity index (χ1) is 13.5. The molecule has 0 aromatic carbocycles. The number of aryl methyl sites for hydroxylation is 1. The number of pyridine rings is 1. The van der Waals surface area contributed by atoms with Gasteiger partial charge in [0, 0.05) is 32.5 Å². The molecule has 1 amide bonds. The second-order valence-electron chi connectivity index (χ2n) is 7.00. The van der Waals surface area contributed by atoms with Crippen molar-refractivity contribution >= 4 is 22.4 Å². The largest absolute Gasteiger partial charge is 0.487 e. The van der Waals surface area contributed by atoms with Gasteiger partial charge in [0.2, 0.25) is 11.9 Å². The van der Waals surface area contributed by atoms with Crippen LogP contribution in [0.3, 0.4) is 0 Å². The van der Waals surface area contributed by atoms with Gasteiger partial charge in [0.1, 0.15) is 17.5 Å². The third kappa shape index (κ3) is 5.21. The molecule has 3 heterocycles. The molecule has 0 aliphatic carbocycles. The van der Waals surface area contributed by atoms with E-state index in [4.69, 9.17) is 4.74 Å². The fourth-order valence-corrected chi connectivity index (χ4v) is 4.09. The summed E-state index contributed by atoms with van der Waals surface area (Å²) in [7, 11) is 0. The van der Waals surface area contributed by atoms with Crippen LogP contribution in [0.25, 0.3) is 0 Å². The molecule has 0 spiro atoms. The smallest absolute Gasteiger partial charge is 0.433 e. The summed E-state index contributed by atoms with van der Waals surface area (Å²) >= 11 is 1.07. The first-order valence-corrected chi connectivity index (χ1v) is 9.72. The summed E-state index contributed by atoms with van der Waals surface area (Å²) in [5.41, 5.74) is -0.605. The molecule has 2 unspecified atom stereocenters. The highest BCUT2D eigenvalue weighted by Gasteiger charge is 2.34. The summed E-state index contributed by atoms with van der Waals surface area (Å²) in [6.07, 6.45) is -3.03. The molecule has 0 saturated carbocycles. The predicted octanol–water partition coefficient (Wildman–Crippen LogP) is 4.00. The number of halogens is 4. The molecule has 3 rings (SSSR count). The van der Waals surface area contributed by atoms with E-state index >= 15 is 0 Å². The van der Waals surface area contributed by atoms with Crippen LogP contribution in [0.2, 0.25) is 0 Å². The van der Waals surface area contributed by atoms with E-state index in [-0.39, 0.29) is 23.2 Å². The number of aromatic nitrogens is 2. The number of ether oxygens (including phenoxy) is 1. The van der Waals surface area contributed by atoms with Gasteiger partial charge in [-0.05, 0) is 25.5 Å². The summed E-state index contributed by atoms with van der Waals surface area (Å²) in [6, 6.07) is 1.04. The Morgan fingerprint density at radius 2 is 2.17 bits per heavy atom. The minimum Gasteiger partial charge on any atom is -0.487 e. The Morgan fingerprint density at radius 1 is 1.45 bits per heavy atom. The van der Waals surface area contributed by atoms with Crippen LogP contribution in [-0.2, 0) is 17.5 Å². The van der Waals surface area contributed by atoms with Crippen molar-refractivity contribution in [3.63, 3.8) is 0 Å². The second kappa shape index (κ2) is 8.23. The minimum atomic E-state index is -4.50. The van der Waals surface area contributed by atoms with Gasteiger partial charge in [-0.25, -0.2) is 4.98 Å². The first-order valence-electron chi connectivity index (χ1n) is 8.90. The summed E-state index contributed by atoms with van der Waals surface area (Å²) in [6.45, 7) is 5.61. The number of carbonyl (C=O) groups excluding carboxylic acids is 1. The number of nitrogens with zero attached hydrogens (tertiary/aromatic N) is 3. The number of alkyl halides is 3. The fraction of sp³-hybridized carbons (Fsp3) is 0.500. The van der Waals surface area contributed by atoms with Crippen molar-refractivity contribution in [2.75, 3.05) is 11.9 Å². The molecule has 11 heteroatoms. The number of anilines is 1. The summed E-state index contributed by atoms with van der Waals surface area (Å²) in [5.74, 6) is -0.652. The molecule has 1 aliphatic rings. The lowest BCUT2D eigenvalue weighted by molar-refractivity contribution is -0.141. The quantitative estimate of drug-likeness (QED) is 0.724. The van der Waals surface area contributed by atoms with E-state index in [0.717, 1.165) is 23.6 Å². The highest BCUT2D eigenvalue weighted by molar-refractivity contribution is 7.15. The monoisotopic (exact) mass is 432 g/mol. The van der Waals surface area contributed by atoms with Gasteiger partial charge in [-0.15, -0.1) is 0 Å². The van der Waals surface area contributed by atoms with Crippen LogP contribution < -0.4 is 10.1 Å². The maximum atomic E-state index is 14.1. The Bertz CT molecular complexity index is 902. The molecule has 0 bridgehead atoms. The lowest BCUT2D eigenvalue weighted by atomic mass is 10.2. The van der Waals surface area contributed by atoms with Gasteiger partial charge in [0.15, 0.2) is 5.13 Å². The molecule has 1 aliphatic heterocycles. The SMILES string of the molecule is CC(=O)Nc1nc(F)c(CN2CC(Oc3cnc(C(F)(F)F)cc3C)CC2C)s1. The van der Waals surface area contributed by atoms with Crippen molar-refractivity contribution in [1.29, 1.82) is 0 Å². The number of thiazole rings is 1.